The third-order valence-electron chi connectivity index (χ3n) is 3.74. The van der Waals surface area contributed by atoms with Crippen LogP contribution in [0.5, 0.6) is 11.5 Å². The number of aryl methyl sites for hydroxylation is 1. The average Bonchev–Trinajstić information content (AvgIpc) is 3.19. The summed E-state index contributed by atoms with van der Waals surface area (Å²) in [5, 5.41) is 5.84. The summed E-state index contributed by atoms with van der Waals surface area (Å²) in [5.74, 6) is 1.88. The van der Waals surface area contributed by atoms with Crippen molar-refractivity contribution in [3.05, 3.63) is 59.8 Å². The second-order valence-corrected chi connectivity index (χ2v) is 5.67. The van der Waals surface area contributed by atoms with Crippen molar-refractivity contribution < 1.29 is 18.7 Å². The molecule has 3 aromatic rings. The third-order valence-corrected chi connectivity index (χ3v) is 3.74. The number of benzene rings is 1. The molecule has 1 amide bonds. The Balaban J connectivity index is 1.80. The maximum absolute atomic E-state index is 12.4. The fraction of sp³-hybridized carbons (Fsp3) is 0.211. The van der Waals surface area contributed by atoms with Gasteiger partial charge in [-0.05, 0) is 37.3 Å². The van der Waals surface area contributed by atoms with E-state index < -0.39 is 0 Å². The van der Waals surface area contributed by atoms with E-state index in [1.54, 1.807) is 63.8 Å². The molecule has 0 saturated carbocycles. The molecule has 2 aromatic heterocycles. The number of amides is 1. The lowest BCUT2D eigenvalue weighted by Gasteiger charge is -2.12. The lowest BCUT2D eigenvalue weighted by atomic mass is 10.2. The first-order chi connectivity index (χ1) is 13.1. The molecule has 0 radical (unpaired) electrons. The van der Waals surface area contributed by atoms with Gasteiger partial charge in [-0.3, -0.25) is 4.79 Å². The molecule has 0 saturated heterocycles. The molecule has 0 bridgehead atoms. The summed E-state index contributed by atoms with van der Waals surface area (Å²) >= 11 is 0. The highest BCUT2D eigenvalue weighted by Gasteiger charge is 2.13. The highest BCUT2D eigenvalue weighted by atomic mass is 16.5. The van der Waals surface area contributed by atoms with Crippen molar-refractivity contribution in [3.63, 3.8) is 0 Å². The van der Waals surface area contributed by atoms with Gasteiger partial charge in [-0.15, -0.1) is 0 Å². The third kappa shape index (κ3) is 4.55. The van der Waals surface area contributed by atoms with Crippen LogP contribution in [0.2, 0.25) is 0 Å². The summed E-state index contributed by atoms with van der Waals surface area (Å²) in [6.45, 7) is 2.07. The number of furan rings is 1. The van der Waals surface area contributed by atoms with Gasteiger partial charge in [-0.25, -0.2) is 9.97 Å². The van der Waals surface area contributed by atoms with Crippen molar-refractivity contribution in [2.75, 3.05) is 19.5 Å². The molecule has 2 N–H and O–H groups in total. The van der Waals surface area contributed by atoms with Gasteiger partial charge in [0.05, 0.1) is 32.7 Å². The summed E-state index contributed by atoms with van der Waals surface area (Å²) in [4.78, 5) is 21.0. The number of aromatic nitrogens is 2. The van der Waals surface area contributed by atoms with Crippen LogP contribution >= 0.6 is 0 Å². The Morgan fingerprint density at radius 2 is 2.00 bits per heavy atom. The molecule has 0 atom stereocenters. The van der Waals surface area contributed by atoms with Crippen molar-refractivity contribution in [2.45, 2.75) is 13.5 Å². The van der Waals surface area contributed by atoms with Crippen molar-refractivity contribution >= 4 is 17.5 Å². The maximum Gasteiger partial charge on any atom is 0.270 e. The molecule has 0 aliphatic rings. The zero-order chi connectivity index (χ0) is 19.2. The molecular weight excluding hydrogens is 348 g/mol. The number of nitrogens with zero attached hydrogens (tertiary/aromatic N) is 2. The molecule has 0 spiro atoms. The van der Waals surface area contributed by atoms with Crippen LogP contribution in [0.25, 0.3) is 0 Å². The lowest BCUT2D eigenvalue weighted by molar-refractivity contribution is 0.0943. The van der Waals surface area contributed by atoms with Gasteiger partial charge in [0.1, 0.15) is 23.0 Å². The van der Waals surface area contributed by atoms with Crippen LogP contribution in [-0.2, 0) is 6.54 Å². The molecule has 0 aliphatic carbocycles. The molecule has 8 heteroatoms. The molecule has 1 aromatic carbocycles. The zero-order valence-electron chi connectivity index (χ0n) is 15.3. The second kappa shape index (κ2) is 8.22. The molecule has 0 fully saturated rings. The van der Waals surface area contributed by atoms with Crippen molar-refractivity contribution in [2.24, 2.45) is 0 Å². The standard InChI is InChI=1S/C19H20N4O4/c1-12-9-16(18(24)20-11-14-5-4-8-27-14)23-19(21-12)22-15-10-13(25-2)6-7-17(15)26-3/h4-10H,11H2,1-3H3,(H,20,24)(H,21,22,23). The first-order valence-corrected chi connectivity index (χ1v) is 8.24. The SMILES string of the molecule is COc1ccc(OC)c(Nc2nc(C)cc(C(=O)NCc3ccco3)n2)c1. The Labute approximate surface area is 156 Å². The first-order valence-electron chi connectivity index (χ1n) is 8.24. The largest absolute Gasteiger partial charge is 0.497 e. The van der Waals surface area contributed by atoms with Crippen LogP contribution in [0.15, 0.2) is 47.1 Å². The van der Waals surface area contributed by atoms with Gasteiger partial charge in [-0.2, -0.15) is 0 Å². The van der Waals surface area contributed by atoms with E-state index >= 15 is 0 Å². The van der Waals surface area contributed by atoms with E-state index in [2.05, 4.69) is 20.6 Å². The molecule has 0 unspecified atom stereocenters. The number of hydrogen-bond acceptors (Lipinski definition) is 7. The quantitative estimate of drug-likeness (QED) is 0.661. The lowest BCUT2D eigenvalue weighted by Crippen LogP contribution is -2.24. The van der Waals surface area contributed by atoms with Crippen LogP contribution in [-0.4, -0.2) is 30.1 Å². The molecule has 27 heavy (non-hydrogen) atoms. The van der Waals surface area contributed by atoms with Gasteiger partial charge in [0.15, 0.2) is 0 Å². The topological polar surface area (TPSA) is 98.5 Å². The van der Waals surface area contributed by atoms with Crippen molar-refractivity contribution in [1.29, 1.82) is 0 Å². The minimum atomic E-state index is -0.322. The zero-order valence-corrected chi connectivity index (χ0v) is 15.3. The molecule has 8 nitrogen and oxygen atoms in total. The fourth-order valence-electron chi connectivity index (χ4n) is 2.44. The number of rotatable bonds is 7. The van der Waals surface area contributed by atoms with E-state index in [-0.39, 0.29) is 24.1 Å². The Kier molecular flexibility index (Phi) is 5.55. The van der Waals surface area contributed by atoms with Crippen LogP contribution in [0.3, 0.4) is 0 Å². The van der Waals surface area contributed by atoms with E-state index in [0.717, 1.165) is 0 Å². The predicted octanol–water partition coefficient (Wildman–Crippen LogP) is 3.07. The minimum absolute atomic E-state index is 0.249. The Bertz CT molecular complexity index is 925. The number of anilines is 2. The van der Waals surface area contributed by atoms with Gasteiger partial charge in [0.25, 0.3) is 5.91 Å². The second-order valence-electron chi connectivity index (χ2n) is 5.67. The highest BCUT2D eigenvalue weighted by Crippen LogP contribution is 2.30. The number of ether oxygens (including phenoxy) is 2. The molecule has 140 valence electrons. The van der Waals surface area contributed by atoms with Gasteiger partial charge >= 0.3 is 0 Å². The summed E-state index contributed by atoms with van der Waals surface area (Å²) in [6.07, 6.45) is 1.56. The Morgan fingerprint density at radius 1 is 1.15 bits per heavy atom. The number of methoxy groups -OCH3 is 2. The van der Waals surface area contributed by atoms with Crippen molar-refractivity contribution in [3.8, 4) is 11.5 Å². The number of hydrogen-bond donors (Lipinski definition) is 2. The average molecular weight is 368 g/mol. The summed E-state index contributed by atoms with van der Waals surface area (Å²) in [7, 11) is 3.15. The minimum Gasteiger partial charge on any atom is -0.497 e. The molecule has 3 rings (SSSR count). The predicted molar refractivity (Wildman–Crippen MR) is 99.5 cm³/mol. The summed E-state index contributed by atoms with van der Waals surface area (Å²) in [6, 6.07) is 10.5. The van der Waals surface area contributed by atoms with Crippen LogP contribution < -0.4 is 20.1 Å². The van der Waals surface area contributed by atoms with Gasteiger partial charge in [0, 0.05) is 11.8 Å². The van der Waals surface area contributed by atoms with E-state index in [4.69, 9.17) is 13.9 Å². The fourth-order valence-corrected chi connectivity index (χ4v) is 2.44. The van der Waals surface area contributed by atoms with Crippen LogP contribution in [0, 0.1) is 6.92 Å². The van der Waals surface area contributed by atoms with Gasteiger partial charge < -0.3 is 24.5 Å². The number of nitrogens with one attached hydrogen (secondary N) is 2. The number of carbonyl (C=O) groups excluding carboxylic acids is 1. The van der Waals surface area contributed by atoms with E-state index in [1.165, 1.54) is 0 Å². The molecule has 2 heterocycles. The summed E-state index contributed by atoms with van der Waals surface area (Å²) < 4.78 is 15.8. The smallest absolute Gasteiger partial charge is 0.270 e. The van der Waals surface area contributed by atoms with E-state index in [1.807, 2.05) is 0 Å². The summed E-state index contributed by atoms with van der Waals surface area (Å²) in [5.41, 5.74) is 1.53. The molecular formula is C19H20N4O4. The van der Waals surface area contributed by atoms with Gasteiger partial charge in [0.2, 0.25) is 5.95 Å². The van der Waals surface area contributed by atoms with E-state index in [9.17, 15) is 4.79 Å². The Hall–Kier alpha value is -3.55. The normalized spacial score (nSPS) is 10.3. The van der Waals surface area contributed by atoms with Crippen LogP contribution in [0.4, 0.5) is 11.6 Å². The highest BCUT2D eigenvalue weighted by molar-refractivity contribution is 5.92. The monoisotopic (exact) mass is 368 g/mol. The number of carbonyl (C=O) groups is 1. The van der Waals surface area contributed by atoms with Gasteiger partial charge in [-0.1, -0.05) is 0 Å². The van der Waals surface area contributed by atoms with E-state index in [0.29, 0.717) is 28.6 Å². The van der Waals surface area contributed by atoms with Crippen LogP contribution in [0.1, 0.15) is 21.9 Å². The first kappa shape index (κ1) is 18.2. The maximum atomic E-state index is 12.4. The van der Waals surface area contributed by atoms with Crippen molar-refractivity contribution in [1.82, 2.24) is 15.3 Å². The Morgan fingerprint density at radius 3 is 2.70 bits per heavy atom. The molecule has 0 aliphatic heterocycles.